The van der Waals surface area contributed by atoms with E-state index in [-0.39, 0.29) is 6.10 Å². The minimum Gasteiger partial charge on any atom is -0.393 e. The molecule has 0 amide bonds. The van der Waals surface area contributed by atoms with Crippen LogP contribution in [0.3, 0.4) is 0 Å². The van der Waals surface area contributed by atoms with Gasteiger partial charge in [-0.1, -0.05) is 108 Å². The number of hydrogen-bond acceptors (Lipinski definition) is 5. The van der Waals surface area contributed by atoms with Gasteiger partial charge < -0.3 is 25.5 Å². The van der Waals surface area contributed by atoms with Crippen LogP contribution in [-0.4, -0.2) is 55.5 Å². The monoisotopic (exact) mass is 815 g/mol. The SMILES string of the molecule is C=C1/C(=C\C=C2/CCC[C@@]3(C)C2CC[C@@H]3[C@H](C)/C=C/C(C)C)C[C@@H](O)C[C@@H]1O.C=C1CC[C@H](O)C/C1=C/C=C1\CCC[C@@]2(C)C1CC[C@@H]2[C@H](C)CCC(O)CC(C)(C)O. The summed E-state index contributed by atoms with van der Waals surface area (Å²) in [4.78, 5) is 0. The Labute approximate surface area is 360 Å². The molecule has 6 rings (SSSR count). The maximum atomic E-state index is 10.3. The lowest BCUT2D eigenvalue weighted by Gasteiger charge is -2.44. The summed E-state index contributed by atoms with van der Waals surface area (Å²) >= 11 is 0. The Morgan fingerprint density at radius 3 is 1.86 bits per heavy atom. The fourth-order valence-corrected chi connectivity index (χ4v) is 13.1. The molecule has 0 aromatic heterocycles. The van der Waals surface area contributed by atoms with Gasteiger partial charge in [-0.2, -0.15) is 0 Å². The number of aliphatic hydroxyl groups excluding tert-OH is 4. The van der Waals surface area contributed by atoms with Crippen LogP contribution in [0.4, 0.5) is 0 Å². The molecular formula is C54H86O5. The summed E-state index contributed by atoms with van der Waals surface area (Å²) in [6, 6.07) is 0. The molecule has 0 saturated heterocycles. The summed E-state index contributed by atoms with van der Waals surface area (Å²) in [5.74, 6) is 4.65. The van der Waals surface area contributed by atoms with Crippen molar-refractivity contribution >= 4 is 0 Å². The molecule has 5 nitrogen and oxygen atoms in total. The normalized spacial score (nSPS) is 38.5. The molecule has 6 aliphatic carbocycles. The van der Waals surface area contributed by atoms with Crippen LogP contribution in [0.5, 0.6) is 0 Å². The number of rotatable bonds is 11. The van der Waals surface area contributed by atoms with Crippen LogP contribution in [0.25, 0.3) is 0 Å². The Morgan fingerprint density at radius 2 is 1.27 bits per heavy atom. The quantitative estimate of drug-likeness (QED) is 0.134. The minimum atomic E-state index is -0.801. The second kappa shape index (κ2) is 20.4. The molecular weight excluding hydrogens is 729 g/mol. The van der Waals surface area contributed by atoms with Gasteiger partial charge in [0.05, 0.1) is 30.0 Å². The second-order valence-corrected chi connectivity index (χ2v) is 21.9. The first-order valence-corrected chi connectivity index (χ1v) is 24.0. The highest BCUT2D eigenvalue weighted by Crippen LogP contribution is 2.61. The first-order valence-electron chi connectivity index (χ1n) is 24.0. The van der Waals surface area contributed by atoms with Crippen LogP contribution >= 0.6 is 0 Å². The van der Waals surface area contributed by atoms with Gasteiger partial charge in [-0.3, -0.25) is 0 Å². The van der Waals surface area contributed by atoms with Crippen molar-refractivity contribution in [2.75, 3.05) is 0 Å². The first-order chi connectivity index (χ1) is 27.7. The van der Waals surface area contributed by atoms with Crippen molar-refractivity contribution in [1.82, 2.24) is 0 Å². The maximum absolute atomic E-state index is 10.3. The third-order valence-electron chi connectivity index (χ3n) is 16.3. The lowest BCUT2D eigenvalue weighted by atomic mass is 9.60. The number of fused-ring (bicyclic) bond motifs is 2. The fourth-order valence-electron chi connectivity index (χ4n) is 13.1. The molecule has 0 heterocycles. The lowest BCUT2D eigenvalue weighted by Crippen LogP contribution is -2.36. The van der Waals surface area contributed by atoms with Crippen molar-refractivity contribution in [3.05, 3.63) is 83.1 Å². The Balaban J connectivity index is 0.000000225. The number of aliphatic hydroxyl groups is 5. The summed E-state index contributed by atoms with van der Waals surface area (Å²) < 4.78 is 0. The minimum absolute atomic E-state index is 0.213. The van der Waals surface area contributed by atoms with Crippen LogP contribution < -0.4 is 0 Å². The Kier molecular flexibility index (Phi) is 16.6. The topological polar surface area (TPSA) is 101 Å². The van der Waals surface area contributed by atoms with Crippen LogP contribution in [0, 0.1) is 52.3 Å². The van der Waals surface area contributed by atoms with Crippen molar-refractivity contribution in [2.45, 2.75) is 201 Å². The summed E-state index contributed by atoms with van der Waals surface area (Å²) in [6.07, 6.45) is 30.7. The Bertz CT molecular complexity index is 1600. The molecule has 5 N–H and O–H groups in total. The Morgan fingerprint density at radius 1 is 0.712 bits per heavy atom. The average molecular weight is 815 g/mol. The van der Waals surface area contributed by atoms with Gasteiger partial charge in [-0.15, -0.1) is 0 Å². The lowest BCUT2D eigenvalue weighted by molar-refractivity contribution is 0.0106. The molecule has 5 heteroatoms. The molecule has 332 valence electrons. The van der Waals surface area contributed by atoms with Gasteiger partial charge in [-0.25, -0.2) is 0 Å². The van der Waals surface area contributed by atoms with E-state index in [1.54, 1.807) is 25.0 Å². The van der Waals surface area contributed by atoms with Gasteiger partial charge in [0.1, 0.15) is 0 Å². The molecule has 3 unspecified atom stereocenters. The third kappa shape index (κ3) is 12.1. The summed E-state index contributed by atoms with van der Waals surface area (Å²) in [7, 11) is 0. The van der Waals surface area contributed by atoms with Crippen molar-refractivity contribution < 1.29 is 25.5 Å². The summed E-state index contributed by atoms with van der Waals surface area (Å²) in [5, 5.41) is 50.5. The van der Waals surface area contributed by atoms with E-state index in [2.05, 4.69) is 91.2 Å². The highest BCUT2D eigenvalue weighted by atomic mass is 16.3. The van der Waals surface area contributed by atoms with E-state index in [1.165, 1.54) is 75.4 Å². The van der Waals surface area contributed by atoms with E-state index < -0.39 is 23.9 Å². The molecule has 0 bridgehead atoms. The first kappa shape index (κ1) is 48.0. The summed E-state index contributed by atoms with van der Waals surface area (Å²) in [6.45, 7) is 26.2. The molecule has 0 aromatic rings. The molecule has 0 spiro atoms. The van der Waals surface area contributed by atoms with E-state index >= 15 is 0 Å². The molecule has 6 aliphatic rings. The van der Waals surface area contributed by atoms with E-state index in [9.17, 15) is 25.5 Å². The maximum Gasteiger partial charge on any atom is 0.0811 e. The second-order valence-electron chi connectivity index (χ2n) is 21.9. The predicted octanol–water partition coefficient (Wildman–Crippen LogP) is 12.1. The molecule has 0 radical (unpaired) electrons. The molecule has 59 heavy (non-hydrogen) atoms. The molecule has 0 aliphatic heterocycles. The largest absolute Gasteiger partial charge is 0.393 e. The average Bonchev–Trinajstić information content (AvgIpc) is 3.71. The van der Waals surface area contributed by atoms with Gasteiger partial charge >= 0.3 is 0 Å². The molecule has 6 fully saturated rings. The number of allylic oxidation sites excluding steroid dienone is 9. The van der Waals surface area contributed by atoms with Gasteiger partial charge in [0.2, 0.25) is 0 Å². The zero-order valence-electron chi connectivity index (χ0n) is 38.7. The third-order valence-corrected chi connectivity index (χ3v) is 16.3. The molecule has 12 atom stereocenters. The highest BCUT2D eigenvalue weighted by molar-refractivity contribution is 5.39. The van der Waals surface area contributed by atoms with Crippen molar-refractivity contribution in [2.24, 2.45) is 52.3 Å². The van der Waals surface area contributed by atoms with Gasteiger partial charge in [0.25, 0.3) is 0 Å². The fraction of sp³-hybridized carbons (Fsp3) is 0.741. The van der Waals surface area contributed by atoms with E-state index in [0.29, 0.717) is 65.6 Å². The van der Waals surface area contributed by atoms with Crippen molar-refractivity contribution in [3.8, 4) is 0 Å². The van der Waals surface area contributed by atoms with Crippen molar-refractivity contribution in [1.29, 1.82) is 0 Å². The highest BCUT2D eigenvalue weighted by Gasteiger charge is 2.51. The smallest absolute Gasteiger partial charge is 0.0811 e. The predicted molar refractivity (Wildman–Crippen MR) is 247 cm³/mol. The standard InChI is InChI=1S/C28H46O3.C26H40O2/c1-19-8-12-23(29)17-22(19)11-10-21-7-6-16-28(5)25(14-15-26(21)28)20(2)9-13-24(30)18-27(3,4)31;1-17(2)8-9-18(3)23-12-13-24-20(7-6-14-26(23,24)5)10-11-21-15-22(27)16-25(28)19(21)4/h10-11,20,23-26,29-31H,1,6-9,12-18H2,2-5H3;8-11,17-18,22-25,27-28H,4,6-7,12-16H2,1-3,5H3/b21-10+,22-11-;9-8+,20-10+,21-11-/t20-,23+,24?,25-,26?,28-;18-,22-,23-,24?,25+,26-/m11/s1. The molecule has 0 aromatic carbocycles. The van der Waals surface area contributed by atoms with Crippen LogP contribution in [0.1, 0.15) is 171 Å². The van der Waals surface area contributed by atoms with Gasteiger partial charge in [0.15, 0.2) is 0 Å². The molecule has 6 saturated carbocycles. The van der Waals surface area contributed by atoms with Crippen LogP contribution in [0.2, 0.25) is 0 Å². The van der Waals surface area contributed by atoms with Crippen LogP contribution in [0.15, 0.2) is 83.1 Å². The zero-order valence-corrected chi connectivity index (χ0v) is 38.7. The van der Waals surface area contributed by atoms with E-state index in [4.69, 9.17) is 0 Å². The van der Waals surface area contributed by atoms with Crippen LogP contribution in [-0.2, 0) is 0 Å². The number of hydrogen-bond donors (Lipinski definition) is 5. The van der Waals surface area contributed by atoms with E-state index in [0.717, 1.165) is 49.2 Å². The Hall–Kier alpha value is -2.02. The zero-order chi connectivity index (χ0) is 43.3. The van der Waals surface area contributed by atoms with Gasteiger partial charge in [-0.05, 0) is 186 Å². The van der Waals surface area contributed by atoms with Gasteiger partial charge in [0, 0.05) is 12.8 Å². The van der Waals surface area contributed by atoms with E-state index in [1.807, 2.05) is 0 Å². The van der Waals surface area contributed by atoms with Crippen molar-refractivity contribution in [3.63, 3.8) is 0 Å². The summed E-state index contributed by atoms with van der Waals surface area (Å²) in [5.41, 5.74) is 7.37.